The van der Waals surface area contributed by atoms with Crippen molar-refractivity contribution in [1.29, 1.82) is 0 Å². The van der Waals surface area contributed by atoms with Crippen molar-refractivity contribution in [2.75, 3.05) is 0 Å². The Morgan fingerprint density at radius 1 is 0.328 bits per heavy atom. The summed E-state index contributed by atoms with van der Waals surface area (Å²) < 4.78 is 11.5. The maximum Gasteiger partial charge on any atom is 0.164 e. The summed E-state index contributed by atoms with van der Waals surface area (Å²) in [6.45, 7) is 0. The van der Waals surface area contributed by atoms with Crippen LogP contribution in [-0.2, 0) is 0 Å². The van der Waals surface area contributed by atoms with Gasteiger partial charge >= 0.3 is 0 Å². The summed E-state index contributed by atoms with van der Waals surface area (Å²) in [5.41, 5.74) is 11.8. The van der Waals surface area contributed by atoms with E-state index in [0.29, 0.717) is 17.5 Å². The van der Waals surface area contributed by atoms with Gasteiger partial charge in [0.25, 0.3) is 0 Å². The molecular formula is C61H31N5O. The monoisotopic (exact) mass is 849 g/mol. The van der Waals surface area contributed by atoms with Crippen LogP contribution in [-0.4, -0.2) is 23.9 Å². The van der Waals surface area contributed by atoms with Crippen molar-refractivity contribution in [2.24, 2.45) is 0 Å². The van der Waals surface area contributed by atoms with Crippen LogP contribution in [0, 0.1) is 0 Å². The molecule has 0 amide bonds. The summed E-state index contributed by atoms with van der Waals surface area (Å²) in [7, 11) is 0. The standard InChI is InChI=1S/C61H31N5O/c1-2-10-35-31-36(22-19-32(35)9-1)59-62-60(64-61(63-59)45-16-8-18-50-53(45)44-13-5-6-17-49(44)67-50)43-27-29-46(38-12-4-3-11-37(38)43)65-47-28-24-33-20-21-34-23-25-41-39-14-7-15-40-42-26-30-48(65)55-54(47)51(33)52(34)57(41)66(56(39)40)58(42)55/h1-31H. The molecule has 0 unspecified atom stereocenters. The number of nitrogens with zero attached hydrogens (tertiary/aromatic N) is 5. The van der Waals surface area contributed by atoms with E-state index in [9.17, 15) is 0 Å². The molecule has 6 heteroatoms. The molecular weight excluding hydrogens is 819 g/mol. The molecule has 0 fully saturated rings. The van der Waals surface area contributed by atoms with Crippen LogP contribution in [0.4, 0.5) is 0 Å². The molecule has 17 rings (SSSR count). The molecule has 67 heavy (non-hydrogen) atoms. The van der Waals surface area contributed by atoms with Gasteiger partial charge in [-0.15, -0.1) is 0 Å². The van der Waals surface area contributed by atoms with E-state index in [1.165, 1.54) is 86.8 Å². The maximum atomic E-state index is 6.37. The number of fused-ring (bicyclic) bond motifs is 7. The molecule has 6 heterocycles. The predicted molar refractivity (Wildman–Crippen MR) is 276 cm³/mol. The van der Waals surface area contributed by atoms with Crippen LogP contribution in [0.1, 0.15) is 0 Å². The van der Waals surface area contributed by atoms with Crippen molar-refractivity contribution in [2.45, 2.75) is 0 Å². The molecule has 0 saturated heterocycles. The van der Waals surface area contributed by atoms with Crippen molar-refractivity contribution < 1.29 is 4.42 Å². The van der Waals surface area contributed by atoms with Crippen LogP contribution in [0.15, 0.2) is 192 Å². The first-order valence-corrected chi connectivity index (χ1v) is 22.9. The SMILES string of the molecule is c1ccc2cc(-c3nc(-c4ccc(-n5c6ccc7ccc8ccc9c%10cccc%11c%12ccc5c5c6c7c8c9n(c%10%11)c%125)c5ccccc45)nc(-c4cccc5oc6ccccc6c45)n3)ccc2c1. The lowest BCUT2D eigenvalue weighted by molar-refractivity contribution is 0.669. The molecule has 0 aliphatic carbocycles. The smallest absolute Gasteiger partial charge is 0.164 e. The third kappa shape index (κ3) is 4.20. The zero-order chi connectivity index (χ0) is 43.2. The van der Waals surface area contributed by atoms with E-state index >= 15 is 0 Å². The summed E-state index contributed by atoms with van der Waals surface area (Å²) in [6.07, 6.45) is 0. The Labute approximate surface area is 379 Å². The molecule has 0 bridgehead atoms. The Hall–Kier alpha value is -9.13. The lowest BCUT2D eigenvalue weighted by Crippen LogP contribution is -2.02. The van der Waals surface area contributed by atoms with E-state index in [4.69, 9.17) is 19.4 Å². The second kappa shape index (κ2) is 12.0. The Balaban J connectivity index is 0.959. The Kier molecular flexibility index (Phi) is 6.12. The first kappa shape index (κ1) is 34.3. The van der Waals surface area contributed by atoms with Gasteiger partial charge in [0, 0.05) is 75.9 Å². The number of hydrogen-bond acceptors (Lipinski definition) is 4. The summed E-state index contributed by atoms with van der Waals surface area (Å²) in [5.74, 6) is 1.82. The van der Waals surface area contributed by atoms with Crippen molar-refractivity contribution in [1.82, 2.24) is 23.9 Å². The second-order valence-corrected chi connectivity index (χ2v) is 18.2. The predicted octanol–water partition coefficient (Wildman–Crippen LogP) is 15.9. The second-order valence-electron chi connectivity index (χ2n) is 18.2. The van der Waals surface area contributed by atoms with Crippen LogP contribution in [0.25, 0.3) is 165 Å². The average molecular weight is 850 g/mol. The summed E-state index contributed by atoms with van der Waals surface area (Å²) in [5, 5.41) is 19.5. The Bertz CT molecular complexity index is 4940. The number of furan rings is 1. The fourth-order valence-electron chi connectivity index (χ4n) is 12.2. The number of aromatic nitrogens is 5. The van der Waals surface area contributed by atoms with E-state index in [-0.39, 0.29) is 0 Å². The lowest BCUT2D eigenvalue weighted by Gasteiger charge is -2.16. The number of hydrogen-bond donors (Lipinski definition) is 0. The van der Waals surface area contributed by atoms with E-state index in [2.05, 4.69) is 173 Å². The minimum Gasteiger partial charge on any atom is -0.456 e. The van der Waals surface area contributed by atoms with Gasteiger partial charge in [-0.2, -0.15) is 0 Å². The molecule has 0 spiro atoms. The van der Waals surface area contributed by atoms with Gasteiger partial charge in [0.05, 0.1) is 33.3 Å². The normalized spacial score (nSPS) is 12.8. The van der Waals surface area contributed by atoms with E-state index in [1.807, 2.05) is 24.3 Å². The molecule has 0 saturated carbocycles. The van der Waals surface area contributed by atoms with E-state index < -0.39 is 0 Å². The summed E-state index contributed by atoms with van der Waals surface area (Å²) >= 11 is 0. The molecule has 6 nitrogen and oxygen atoms in total. The largest absolute Gasteiger partial charge is 0.456 e. The van der Waals surface area contributed by atoms with Gasteiger partial charge in [0.15, 0.2) is 17.5 Å². The van der Waals surface area contributed by atoms with Crippen LogP contribution < -0.4 is 0 Å². The van der Waals surface area contributed by atoms with Gasteiger partial charge in [-0.25, -0.2) is 15.0 Å². The van der Waals surface area contributed by atoms with Crippen LogP contribution >= 0.6 is 0 Å². The quantitative estimate of drug-likeness (QED) is 0.166. The molecule has 17 aromatic rings. The molecule has 0 aliphatic heterocycles. The van der Waals surface area contributed by atoms with Crippen molar-refractivity contribution in [3.63, 3.8) is 0 Å². The minimum absolute atomic E-state index is 0.594. The molecule has 0 radical (unpaired) electrons. The minimum atomic E-state index is 0.594. The van der Waals surface area contributed by atoms with Crippen molar-refractivity contribution >= 4 is 125 Å². The molecule has 0 atom stereocenters. The molecule has 0 aliphatic rings. The van der Waals surface area contributed by atoms with Gasteiger partial charge in [-0.1, -0.05) is 146 Å². The number of benzene rings is 11. The van der Waals surface area contributed by atoms with Gasteiger partial charge < -0.3 is 13.4 Å². The van der Waals surface area contributed by atoms with Crippen LogP contribution in [0.3, 0.4) is 0 Å². The molecule has 0 N–H and O–H groups in total. The molecule has 306 valence electrons. The molecule has 11 aromatic carbocycles. The third-order valence-corrected chi connectivity index (χ3v) is 15.0. The number of rotatable bonds is 4. The third-order valence-electron chi connectivity index (χ3n) is 15.0. The van der Waals surface area contributed by atoms with Gasteiger partial charge in [-0.05, 0) is 69.4 Å². The van der Waals surface area contributed by atoms with Gasteiger partial charge in [0.2, 0.25) is 0 Å². The zero-order valence-electron chi connectivity index (χ0n) is 35.5. The Morgan fingerprint density at radius 3 is 1.81 bits per heavy atom. The lowest BCUT2D eigenvalue weighted by atomic mass is 9.96. The van der Waals surface area contributed by atoms with Crippen molar-refractivity contribution in [3.05, 3.63) is 188 Å². The fraction of sp³-hybridized carbons (Fsp3) is 0. The highest BCUT2D eigenvalue weighted by Gasteiger charge is 2.29. The van der Waals surface area contributed by atoms with Crippen LogP contribution in [0.2, 0.25) is 0 Å². The maximum absolute atomic E-state index is 6.37. The summed E-state index contributed by atoms with van der Waals surface area (Å²) in [4.78, 5) is 16.0. The van der Waals surface area contributed by atoms with E-state index in [1.54, 1.807) is 0 Å². The van der Waals surface area contributed by atoms with Crippen LogP contribution in [0.5, 0.6) is 0 Å². The zero-order valence-corrected chi connectivity index (χ0v) is 35.5. The topological polar surface area (TPSA) is 61.2 Å². The highest BCUT2D eigenvalue weighted by atomic mass is 16.3. The first-order chi connectivity index (χ1) is 33.2. The van der Waals surface area contributed by atoms with Crippen molar-refractivity contribution in [3.8, 4) is 39.9 Å². The summed E-state index contributed by atoms with van der Waals surface area (Å²) in [6, 6.07) is 67.9. The van der Waals surface area contributed by atoms with Gasteiger partial charge in [0.1, 0.15) is 11.2 Å². The van der Waals surface area contributed by atoms with Gasteiger partial charge in [-0.3, -0.25) is 0 Å². The Morgan fingerprint density at radius 2 is 0.925 bits per heavy atom. The fourth-order valence-corrected chi connectivity index (χ4v) is 12.2. The average Bonchev–Trinajstić information content (AvgIpc) is 4.11. The number of para-hydroxylation sites is 2. The highest BCUT2D eigenvalue weighted by Crippen LogP contribution is 2.52. The first-order valence-electron chi connectivity index (χ1n) is 22.9. The molecule has 6 aromatic heterocycles. The van der Waals surface area contributed by atoms with E-state index in [0.717, 1.165) is 60.5 Å². The highest BCUT2D eigenvalue weighted by molar-refractivity contribution is 6.42.